The van der Waals surface area contributed by atoms with Crippen LogP contribution < -0.4 is 0 Å². The van der Waals surface area contributed by atoms with Gasteiger partial charge in [0.2, 0.25) is 0 Å². The molecule has 1 rings (SSSR count). The van der Waals surface area contributed by atoms with Gasteiger partial charge in [0.05, 0.1) is 0 Å². The third-order valence-corrected chi connectivity index (χ3v) is 3.19. The van der Waals surface area contributed by atoms with E-state index in [1.165, 1.54) is 6.07 Å². The lowest BCUT2D eigenvalue weighted by molar-refractivity contribution is 0.0638. The van der Waals surface area contributed by atoms with Gasteiger partial charge in [0, 0.05) is 5.60 Å². The number of benzene rings is 1. The summed E-state index contributed by atoms with van der Waals surface area (Å²) in [6, 6.07) is 6.85. The highest BCUT2D eigenvalue weighted by Gasteiger charge is 2.22. The Morgan fingerprint density at radius 1 is 1.31 bits per heavy atom. The summed E-state index contributed by atoms with van der Waals surface area (Å²) in [5, 5.41) is 0. The molecule has 0 amide bonds. The first kappa shape index (κ1) is 13.2. The maximum Gasteiger partial charge on any atom is 0.280 e. The van der Waals surface area contributed by atoms with Crippen molar-refractivity contribution in [2.75, 3.05) is 0 Å². The molecule has 88 valence electrons. The van der Waals surface area contributed by atoms with Crippen LogP contribution in [0, 0.1) is 11.7 Å². The van der Waals surface area contributed by atoms with E-state index in [0.29, 0.717) is 19.7 Å². The van der Waals surface area contributed by atoms with Crippen molar-refractivity contribution in [2.24, 2.45) is 5.92 Å². The standard InChI is InChI=1S/C13H20BFO/c1-10(2)13(3,4)16-14-9-11-7-5-6-8-12(11)15/h5-8,10,14H,9H2,1-4H3. The monoisotopic (exact) mass is 222 g/mol. The van der Waals surface area contributed by atoms with Crippen molar-refractivity contribution in [3.63, 3.8) is 0 Å². The van der Waals surface area contributed by atoms with Crippen molar-refractivity contribution >= 4 is 7.48 Å². The molecule has 0 saturated heterocycles. The second-order valence-electron chi connectivity index (χ2n) is 4.95. The minimum absolute atomic E-state index is 0.145. The zero-order valence-corrected chi connectivity index (χ0v) is 10.6. The highest BCUT2D eigenvalue weighted by atomic mass is 19.1. The van der Waals surface area contributed by atoms with E-state index in [1.54, 1.807) is 12.1 Å². The molecule has 0 fully saturated rings. The maximum atomic E-state index is 13.3. The quantitative estimate of drug-likeness (QED) is 0.695. The van der Waals surface area contributed by atoms with Crippen LogP contribution in [0.5, 0.6) is 0 Å². The lowest BCUT2D eigenvalue weighted by atomic mass is 9.85. The highest BCUT2D eigenvalue weighted by molar-refractivity contribution is 6.26. The van der Waals surface area contributed by atoms with E-state index in [1.807, 2.05) is 6.07 Å². The van der Waals surface area contributed by atoms with Gasteiger partial charge in [-0.15, -0.1) is 0 Å². The third-order valence-electron chi connectivity index (χ3n) is 3.19. The molecule has 0 radical (unpaired) electrons. The summed E-state index contributed by atoms with van der Waals surface area (Å²) in [6.07, 6.45) is 0.628. The van der Waals surface area contributed by atoms with Crippen molar-refractivity contribution in [1.29, 1.82) is 0 Å². The van der Waals surface area contributed by atoms with Crippen molar-refractivity contribution in [3.8, 4) is 0 Å². The van der Waals surface area contributed by atoms with Crippen LogP contribution in [0.15, 0.2) is 24.3 Å². The van der Waals surface area contributed by atoms with Gasteiger partial charge in [0.25, 0.3) is 7.48 Å². The summed E-state index contributed by atoms with van der Waals surface area (Å²) >= 11 is 0. The maximum absolute atomic E-state index is 13.3. The molecule has 0 saturated carbocycles. The molecular weight excluding hydrogens is 202 g/mol. The molecule has 0 heterocycles. The molecule has 0 N–H and O–H groups in total. The Morgan fingerprint density at radius 2 is 1.94 bits per heavy atom. The second-order valence-corrected chi connectivity index (χ2v) is 4.95. The summed E-state index contributed by atoms with van der Waals surface area (Å²) in [5.74, 6) is 0.307. The number of hydrogen-bond donors (Lipinski definition) is 0. The lowest BCUT2D eigenvalue weighted by Crippen LogP contribution is -2.33. The van der Waals surface area contributed by atoms with Crippen LogP contribution in [0.1, 0.15) is 33.3 Å². The summed E-state index contributed by atoms with van der Waals surface area (Å²) in [6.45, 7) is 8.39. The van der Waals surface area contributed by atoms with E-state index >= 15 is 0 Å². The van der Waals surface area contributed by atoms with Crippen molar-refractivity contribution in [1.82, 2.24) is 0 Å². The predicted octanol–water partition coefficient (Wildman–Crippen LogP) is 3.13. The van der Waals surface area contributed by atoms with Crippen LogP contribution in [0.4, 0.5) is 4.39 Å². The second kappa shape index (κ2) is 5.49. The van der Waals surface area contributed by atoms with Crippen LogP contribution in [-0.2, 0) is 11.0 Å². The van der Waals surface area contributed by atoms with Gasteiger partial charge in [-0.05, 0) is 37.7 Å². The fourth-order valence-electron chi connectivity index (χ4n) is 1.29. The SMILES string of the molecule is CC(C)C(C)(C)OBCc1ccccc1F. The zero-order valence-electron chi connectivity index (χ0n) is 10.6. The first-order valence-electron chi connectivity index (χ1n) is 5.81. The fraction of sp³-hybridized carbons (Fsp3) is 0.538. The normalized spacial score (nSPS) is 11.9. The van der Waals surface area contributed by atoms with E-state index in [-0.39, 0.29) is 11.4 Å². The van der Waals surface area contributed by atoms with E-state index in [0.717, 1.165) is 5.56 Å². The molecule has 0 unspecified atom stereocenters. The van der Waals surface area contributed by atoms with Crippen molar-refractivity contribution in [2.45, 2.75) is 39.6 Å². The Kier molecular flexibility index (Phi) is 4.54. The molecule has 1 aromatic rings. The predicted molar refractivity (Wildman–Crippen MR) is 67.3 cm³/mol. The van der Waals surface area contributed by atoms with Gasteiger partial charge >= 0.3 is 0 Å². The van der Waals surface area contributed by atoms with Crippen LogP contribution in [0.3, 0.4) is 0 Å². The van der Waals surface area contributed by atoms with Gasteiger partial charge < -0.3 is 4.65 Å². The Balaban J connectivity index is 2.45. The first-order chi connectivity index (χ1) is 7.43. The zero-order chi connectivity index (χ0) is 12.2. The topological polar surface area (TPSA) is 9.23 Å². The summed E-state index contributed by atoms with van der Waals surface area (Å²) in [7, 11) is 0.562. The van der Waals surface area contributed by atoms with Crippen LogP contribution >= 0.6 is 0 Å². The average molecular weight is 222 g/mol. The molecule has 0 bridgehead atoms. The van der Waals surface area contributed by atoms with Gasteiger partial charge in [0.15, 0.2) is 0 Å². The van der Waals surface area contributed by atoms with Gasteiger partial charge in [0.1, 0.15) is 5.82 Å². The average Bonchev–Trinajstić information content (AvgIpc) is 2.20. The van der Waals surface area contributed by atoms with Crippen LogP contribution in [-0.4, -0.2) is 13.1 Å². The number of hydrogen-bond acceptors (Lipinski definition) is 1. The third kappa shape index (κ3) is 3.64. The van der Waals surface area contributed by atoms with Gasteiger partial charge in [-0.3, -0.25) is 0 Å². The molecule has 0 atom stereocenters. The molecule has 16 heavy (non-hydrogen) atoms. The molecule has 0 aliphatic heterocycles. The summed E-state index contributed by atoms with van der Waals surface area (Å²) in [4.78, 5) is 0. The van der Waals surface area contributed by atoms with E-state index in [9.17, 15) is 4.39 Å². The van der Waals surface area contributed by atoms with Crippen molar-refractivity contribution < 1.29 is 9.04 Å². The van der Waals surface area contributed by atoms with Gasteiger partial charge in [-0.2, -0.15) is 0 Å². The molecule has 3 heteroatoms. The largest absolute Gasteiger partial charge is 0.434 e. The Hall–Kier alpha value is -0.825. The van der Waals surface area contributed by atoms with Crippen LogP contribution in [0.2, 0.25) is 0 Å². The fourth-order valence-corrected chi connectivity index (χ4v) is 1.29. The highest BCUT2D eigenvalue weighted by Crippen LogP contribution is 2.20. The summed E-state index contributed by atoms with van der Waals surface area (Å²) < 4.78 is 19.1. The molecule has 0 spiro atoms. The van der Waals surface area contributed by atoms with Crippen molar-refractivity contribution in [3.05, 3.63) is 35.6 Å². The molecule has 0 aliphatic rings. The molecule has 0 aliphatic carbocycles. The molecule has 1 nitrogen and oxygen atoms in total. The van der Waals surface area contributed by atoms with Gasteiger partial charge in [-0.1, -0.05) is 32.0 Å². The molecular formula is C13H20BFO. The Morgan fingerprint density at radius 3 is 2.50 bits per heavy atom. The Labute approximate surface area is 98.3 Å². The van der Waals surface area contributed by atoms with E-state index in [2.05, 4.69) is 27.7 Å². The minimum atomic E-state index is -0.148. The smallest absolute Gasteiger partial charge is 0.280 e. The van der Waals surface area contributed by atoms with E-state index in [4.69, 9.17) is 4.65 Å². The van der Waals surface area contributed by atoms with E-state index < -0.39 is 0 Å². The number of halogens is 1. The molecule has 0 aromatic heterocycles. The number of rotatable bonds is 5. The van der Waals surface area contributed by atoms with Gasteiger partial charge in [-0.25, -0.2) is 4.39 Å². The first-order valence-corrected chi connectivity index (χ1v) is 5.81. The molecule has 1 aromatic carbocycles. The Bertz CT molecular complexity index is 336. The lowest BCUT2D eigenvalue weighted by Gasteiger charge is -2.30. The summed E-state index contributed by atoms with van der Waals surface area (Å²) in [5.41, 5.74) is 0.577. The van der Waals surface area contributed by atoms with Crippen LogP contribution in [0.25, 0.3) is 0 Å². The minimum Gasteiger partial charge on any atom is -0.434 e.